The van der Waals surface area contributed by atoms with Crippen LogP contribution in [0.4, 0.5) is 0 Å². The lowest BCUT2D eigenvalue weighted by Crippen LogP contribution is -2.33. The monoisotopic (exact) mass is 201 g/mol. The number of ether oxygens (including phenoxy) is 3. The van der Waals surface area contributed by atoms with Crippen LogP contribution in [0.15, 0.2) is 11.8 Å². The minimum Gasteiger partial charge on any atom is -0.457 e. The van der Waals surface area contributed by atoms with Gasteiger partial charge in [-0.15, -0.1) is 0 Å². The summed E-state index contributed by atoms with van der Waals surface area (Å²) in [7, 11) is 0. The Balaban J connectivity index is 2.33. The van der Waals surface area contributed by atoms with Crippen LogP contribution >= 0.6 is 0 Å². The number of nitrogens with two attached hydrogens (primary N) is 1. The lowest BCUT2D eigenvalue weighted by molar-refractivity contribution is -0.186. The summed E-state index contributed by atoms with van der Waals surface area (Å²) in [5.41, 5.74) is 5.72. The highest BCUT2D eigenvalue weighted by Crippen LogP contribution is 2.18. The maximum atomic E-state index is 11.1. The Kier molecular flexibility index (Phi) is 3.49. The molecule has 0 radical (unpaired) electrons. The quantitative estimate of drug-likeness (QED) is 0.520. The summed E-state index contributed by atoms with van der Waals surface area (Å²) < 4.78 is 15.4. The molecule has 1 aliphatic heterocycles. The Morgan fingerprint density at radius 1 is 1.57 bits per heavy atom. The first-order chi connectivity index (χ1) is 6.52. The van der Waals surface area contributed by atoms with Crippen LogP contribution in [0.3, 0.4) is 0 Å². The van der Waals surface area contributed by atoms with Crippen molar-refractivity contribution in [2.45, 2.75) is 19.6 Å². The van der Waals surface area contributed by atoms with Gasteiger partial charge in [0.2, 0.25) is 0 Å². The number of carbonyl (C=O) groups is 1. The molecule has 0 unspecified atom stereocenters. The highest BCUT2D eigenvalue weighted by atomic mass is 16.8. The van der Waals surface area contributed by atoms with Gasteiger partial charge in [-0.1, -0.05) is 0 Å². The first-order valence-electron chi connectivity index (χ1n) is 4.40. The van der Waals surface area contributed by atoms with E-state index in [1.54, 1.807) is 13.8 Å². The van der Waals surface area contributed by atoms with E-state index >= 15 is 0 Å². The van der Waals surface area contributed by atoms with Gasteiger partial charge in [-0.2, -0.15) is 0 Å². The van der Waals surface area contributed by atoms with Gasteiger partial charge in [-0.25, -0.2) is 4.79 Å². The SMILES string of the molecule is C/C(N)=C\C(=O)OCC1(C)OCCO1. The molecule has 1 rings (SSSR count). The highest BCUT2D eigenvalue weighted by molar-refractivity contribution is 5.82. The molecule has 5 nitrogen and oxygen atoms in total. The third-order valence-corrected chi connectivity index (χ3v) is 1.72. The van der Waals surface area contributed by atoms with Crippen LogP contribution in [0.1, 0.15) is 13.8 Å². The topological polar surface area (TPSA) is 70.8 Å². The van der Waals surface area contributed by atoms with E-state index in [-0.39, 0.29) is 6.61 Å². The molecule has 0 spiro atoms. The Morgan fingerprint density at radius 2 is 2.14 bits per heavy atom. The molecule has 0 aliphatic carbocycles. The number of rotatable bonds is 3. The summed E-state index contributed by atoms with van der Waals surface area (Å²) in [5.74, 6) is -1.28. The fourth-order valence-electron chi connectivity index (χ4n) is 1.07. The Morgan fingerprint density at radius 3 is 2.64 bits per heavy atom. The van der Waals surface area contributed by atoms with E-state index in [1.807, 2.05) is 0 Å². The van der Waals surface area contributed by atoms with Crippen molar-refractivity contribution in [3.63, 3.8) is 0 Å². The molecule has 0 saturated carbocycles. The van der Waals surface area contributed by atoms with Crippen molar-refractivity contribution in [3.8, 4) is 0 Å². The first-order valence-corrected chi connectivity index (χ1v) is 4.40. The lowest BCUT2D eigenvalue weighted by Gasteiger charge is -2.21. The van der Waals surface area contributed by atoms with Gasteiger partial charge in [-0.3, -0.25) is 0 Å². The molecule has 0 amide bonds. The number of hydrogen-bond acceptors (Lipinski definition) is 5. The van der Waals surface area contributed by atoms with Crippen LogP contribution < -0.4 is 5.73 Å². The van der Waals surface area contributed by atoms with Crippen LogP contribution in [0.2, 0.25) is 0 Å². The summed E-state index contributed by atoms with van der Waals surface area (Å²) >= 11 is 0. The fourth-order valence-corrected chi connectivity index (χ4v) is 1.07. The van der Waals surface area contributed by atoms with E-state index in [4.69, 9.17) is 19.9 Å². The molecule has 0 aromatic carbocycles. The van der Waals surface area contributed by atoms with Gasteiger partial charge in [0.05, 0.1) is 13.2 Å². The van der Waals surface area contributed by atoms with E-state index in [0.717, 1.165) is 0 Å². The average molecular weight is 201 g/mol. The highest BCUT2D eigenvalue weighted by Gasteiger charge is 2.32. The standard InChI is InChI=1S/C9H15NO4/c1-7(10)5-8(11)12-6-9(2)13-3-4-14-9/h5H,3-4,6,10H2,1-2H3/b7-5+. The molecule has 1 heterocycles. The van der Waals surface area contributed by atoms with Gasteiger partial charge in [0.1, 0.15) is 6.61 Å². The van der Waals surface area contributed by atoms with Gasteiger partial charge in [0.15, 0.2) is 5.79 Å². The predicted molar refractivity (Wildman–Crippen MR) is 49.2 cm³/mol. The van der Waals surface area contributed by atoms with Crippen molar-refractivity contribution in [1.82, 2.24) is 0 Å². The molecular formula is C9H15NO4. The first kappa shape index (κ1) is 11.0. The molecule has 5 heteroatoms. The molecule has 0 bridgehead atoms. The van der Waals surface area contributed by atoms with E-state index in [9.17, 15) is 4.79 Å². The van der Waals surface area contributed by atoms with Crippen molar-refractivity contribution in [1.29, 1.82) is 0 Å². The van der Waals surface area contributed by atoms with Crippen molar-refractivity contribution in [3.05, 3.63) is 11.8 Å². The van der Waals surface area contributed by atoms with E-state index in [1.165, 1.54) is 6.08 Å². The number of hydrogen-bond donors (Lipinski definition) is 1. The number of esters is 1. The van der Waals surface area contributed by atoms with Crippen molar-refractivity contribution in [2.24, 2.45) is 5.73 Å². The molecular weight excluding hydrogens is 186 g/mol. The molecule has 1 aliphatic rings. The third kappa shape index (κ3) is 3.35. The zero-order valence-electron chi connectivity index (χ0n) is 8.41. The second kappa shape index (κ2) is 4.43. The van der Waals surface area contributed by atoms with E-state index in [2.05, 4.69) is 0 Å². The van der Waals surface area contributed by atoms with Crippen molar-refractivity contribution in [2.75, 3.05) is 19.8 Å². The van der Waals surface area contributed by atoms with Gasteiger partial charge < -0.3 is 19.9 Å². The van der Waals surface area contributed by atoms with Crippen molar-refractivity contribution < 1.29 is 19.0 Å². The summed E-state index contributed by atoms with van der Waals surface area (Å²) in [6.07, 6.45) is 1.22. The van der Waals surface area contributed by atoms with Crippen LogP contribution in [0, 0.1) is 0 Å². The Bertz CT molecular complexity index is 239. The summed E-state index contributed by atoms with van der Waals surface area (Å²) in [4.78, 5) is 11.1. The van der Waals surface area contributed by atoms with Crippen molar-refractivity contribution >= 4 is 5.97 Å². The number of carbonyl (C=O) groups excluding carboxylic acids is 1. The molecule has 1 fully saturated rings. The van der Waals surface area contributed by atoms with Crippen LogP contribution in [-0.4, -0.2) is 31.6 Å². The van der Waals surface area contributed by atoms with Crippen LogP contribution in [0.25, 0.3) is 0 Å². The zero-order chi connectivity index (χ0) is 10.6. The molecule has 1 saturated heterocycles. The molecule has 0 atom stereocenters. The van der Waals surface area contributed by atoms with E-state index in [0.29, 0.717) is 18.9 Å². The normalized spacial score (nSPS) is 20.9. The second-order valence-electron chi connectivity index (χ2n) is 3.33. The van der Waals surface area contributed by atoms with Gasteiger partial charge in [-0.05, 0) is 13.8 Å². The minimum absolute atomic E-state index is 0.0790. The van der Waals surface area contributed by atoms with Gasteiger partial charge >= 0.3 is 5.97 Å². The molecule has 2 N–H and O–H groups in total. The average Bonchev–Trinajstić information content (AvgIpc) is 2.49. The predicted octanol–water partition coefficient (Wildman–Crippen LogP) is 0.155. The Labute approximate surface area is 82.8 Å². The summed E-state index contributed by atoms with van der Waals surface area (Å²) in [5, 5.41) is 0. The summed E-state index contributed by atoms with van der Waals surface area (Å²) in [6, 6.07) is 0. The lowest BCUT2D eigenvalue weighted by atomic mass is 10.3. The largest absolute Gasteiger partial charge is 0.457 e. The zero-order valence-corrected chi connectivity index (χ0v) is 8.41. The fraction of sp³-hybridized carbons (Fsp3) is 0.667. The number of allylic oxidation sites excluding steroid dienone is 1. The van der Waals surface area contributed by atoms with Gasteiger partial charge in [0, 0.05) is 11.8 Å². The summed E-state index contributed by atoms with van der Waals surface area (Å²) in [6.45, 7) is 4.48. The van der Waals surface area contributed by atoms with Crippen LogP contribution in [-0.2, 0) is 19.0 Å². The minimum atomic E-state index is -0.800. The smallest absolute Gasteiger partial charge is 0.332 e. The maximum Gasteiger partial charge on any atom is 0.332 e. The van der Waals surface area contributed by atoms with E-state index < -0.39 is 11.8 Å². The Hall–Kier alpha value is -1.07. The second-order valence-corrected chi connectivity index (χ2v) is 3.33. The van der Waals surface area contributed by atoms with Crippen LogP contribution in [0.5, 0.6) is 0 Å². The molecule has 0 aromatic heterocycles. The molecule has 14 heavy (non-hydrogen) atoms. The maximum absolute atomic E-state index is 11.1. The third-order valence-electron chi connectivity index (χ3n) is 1.72. The molecule has 80 valence electrons. The van der Waals surface area contributed by atoms with Gasteiger partial charge in [0.25, 0.3) is 0 Å². The molecule has 0 aromatic rings.